The molecule has 0 bridgehead atoms. The van der Waals surface area contributed by atoms with Gasteiger partial charge < -0.3 is 9.47 Å². The van der Waals surface area contributed by atoms with Crippen LogP contribution in [-0.4, -0.2) is 32.8 Å². The van der Waals surface area contributed by atoms with E-state index in [0.717, 1.165) is 6.42 Å². The minimum atomic E-state index is 0.0650. The first-order valence-electron chi connectivity index (χ1n) is 7.00. The number of hydrazone groups is 1. The Balaban J connectivity index is 2.15. The number of methoxy groups -OCH3 is 1. The number of fused-ring (bicyclic) bond motifs is 1. The molecule has 0 saturated carbocycles. The molecule has 0 aromatic heterocycles. The molecule has 1 aliphatic heterocycles. The van der Waals surface area contributed by atoms with Crippen molar-refractivity contribution in [3.05, 3.63) is 29.8 Å². The lowest BCUT2D eigenvalue weighted by Gasteiger charge is -2.23. The summed E-state index contributed by atoms with van der Waals surface area (Å²) < 4.78 is 10.5. The number of nitrogens with zero attached hydrogens (tertiary/aromatic N) is 2. The van der Waals surface area contributed by atoms with Crippen LogP contribution >= 0.6 is 0 Å². The Hall–Kier alpha value is -1.39. The third kappa shape index (κ3) is 3.81. The molecule has 0 fully saturated rings. The second-order valence-electron chi connectivity index (χ2n) is 6.22. The number of para-hydroxylation sites is 1. The van der Waals surface area contributed by atoms with Crippen molar-refractivity contribution in [1.82, 2.24) is 0 Å². The summed E-state index contributed by atoms with van der Waals surface area (Å²) in [6, 6.07) is 8.64. The summed E-state index contributed by atoms with van der Waals surface area (Å²) in [5, 5.41) is 6.76. The molecule has 110 valence electrons. The lowest BCUT2D eigenvalue weighted by molar-refractivity contribution is -0.0349. The van der Waals surface area contributed by atoms with Crippen LogP contribution in [-0.2, 0) is 15.9 Å². The zero-order chi connectivity index (χ0) is 14.6. The highest BCUT2D eigenvalue weighted by atomic mass is 16.7. The summed E-state index contributed by atoms with van der Waals surface area (Å²) in [6.45, 7) is 7.38. The molecule has 1 aliphatic rings. The van der Waals surface area contributed by atoms with Crippen molar-refractivity contribution < 1.29 is 9.47 Å². The van der Waals surface area contributed by atoms with Gasteiger partial charge in [0, 0.05) is 13.3 Å². The zero-order valence-electron chi connectivity index (χ0n) is 12.8. The standard InChI is InChI=1S/C16H24N2O2/c1-16(2,3)11-17-18-14(10-20-12-19-4)9-13-7-5-6-8-15(13)18/h5-8,11,14H,9-10,12H2,1-4H3/b17-11+/t14-/m0/s1. The largest absolute Gasteiger partial charge is 0.359 e. The highest BCUT2D eigenvalue weighted by Gasteiger charge is 2.29. The monoisotopic (exact) mass is 276 g/mol. The Morgan fingerprint density at radius 3 is 2.80 bits per heavy atom. The molecule has 20 heavy (non-hydrogen) atoms. The first-order valence-corrected chi connectivity index (χ1v) is 7.00. The van der Waals surface area contributed by atoms with Crippen LogP contribution in [0, 0.1) is 5.41 Å². The summed E-state index contributed by atoms with van der Waals surface area (Å²) in [5.74, 6) is 0. The summed E-state index contributed by atoms with van der Waals surface area (Å²) in [5.41, 5.74) is 2.57. The van der Waals surface area contributed by atoms with E-state index in [4.69, 9.17) is 9.47 Å². The maximum atomic E-state index is 5.52. The van der Waals surface area contributed by atoms with E-state index in [0.29, 0.717) is 13.4 Å². The SMILES string of the molecule is COCOC[C@@H]1Cc2ccccc2N1/N=C/C(C)(C)C. The summed E-state index contributed by atoms with van der Waals surface area (Å²) in [6.07, 6.45) is 2.96. The fraction of sp³-hybridized carbons (Fsp3) is 0.562. The second kappa shape index (κ2) is 6.37. The van der Waals surface area contributed by atoms with Crippen LogP contribution in [0.2, 0.25) is 0 Å². The van der Waals surface area contributed by atoms with Gasteiger partial charge >= 0.3 is 0 Å². The van der Waals surface area contributed by atoms with E-state index in [1.165, 1.54) is 11.3 Å². The van der Waals surface area contributed by atoms with Crippen molar-refractivity contribution >= 4 is 11.9 Å². The topological polar surface area (TPSA) is 34.1 Å². The molecule has 0 amide bonds. The highest BCUT2D eigenvalue weighted by Crippen LogP contribution is 2.32. The smallest absolute Gasteiger partial charge is 0.146 e. The Kier molecular flexibility index (Phi) is 4.78. The number of hydrogen-bond donors (Lipinski definition) is 0. The molecule has 0 aliphatic carbocycles. The van der Waals surface area contributed by atoms with Crippen LogP contribution in [0.25, 0.3) is 0 Å². The predicted octanol–water partition coefficient (Wildman–Crippen LogP) is 3.07. The molecule has 1 atom stereocenters. The molecule has 1 heterocycles. The summed E-state index contributed by atoms with van der Waals surface area (Å²) >= 11 is 0. The van der Waals surface area contributed by atoms with Gasteiger partial charge in [-0.1, -0.05) is 39.0 Å². The minimum absolute atomic E-state index is 0.0650. The highest BCUT2D eigenvalue weighted by molar-refractivity contribution is 5.68. The van der Waals surface area contributed by atoms with Crippen molar-refractivity contribution in [3.8, 4) is 0 Å². The van der Waals surface area contributed by atoms with E-state index in [1.807, 2.05) is 6.21 Å². The predicted molar refractivity (Wildman–Crippen MR) is 82.2 cm³/mol. The van der Waals surface area contributed by atoms with E-state index in [1.54, 1.807) is 7.11 Å². The quantitative estimate of drug-likeness (QED) is 0.471. The molecule has 4 nitrogen and oxygen atoms in total. The molecule has 1 aromatic carbocycles. The Morgan fingerprint density at radius 2 is 2.10 bits per heavy atom. The third-order valence-corrected chi connectivity index (χ3v) is 3.12. The molecule has 0 unspecified atom stereocenters. The van der Waals surface area contributed by atoms with E-state index < -0.39 is 0 Å². The van der Waals surface area contributed by atoms with Crippen molar-refractivity contribution in [2.75, 3.05) is 25.5 Å². The van der Waals surface area contributed by atoms with E-state index in [9.17, 15) is 0 Å². The van der Waals surface area contributed by atoms with Gasteiger partial charge in [0.1, 0.15) is 6.79 Å². The first kappa shape index (κ1) is 15.0. The van der Waals surface area contributed by atoms with Crippen molar-refractivity contribution in [2.24, 2.45) is 10.5 Å². The van der Waals surface area contributed by atoms with Gasteiger partial charge in [-0.25, -0.2) is 0 Å². The average molecular weight is 276 g/mol. The van der Waals surface area contributed by atoms with Gasteiger partial charge in [0.2, 0.25) is 0 Å². The van der Waals surface area contributed by atoms with Gasteiger partial charge in [0.25, 0.3) is 0 Å². The van der Waals surface area contributed by atoms with Crippen LogP contribution in [0.3, 0.4) is 0 Å². The van der Waals surface area contributed by atoms with Crippen LogP contribution in [0.4, 0.5) is 5.69 Å². The van der Waals surface area contributed by atoms with E-state index in [-0.39, 0.29) is 11.5 Å². The van der Waals surface area contributed by atoms with E-state index in [2.05, 4.69) is 55.1 Å². The third-order valence-electron chi connectivity index (χ3n) is 3.12. The molecule has 0 N–H and O–H groups in total. The Labute approximate surface area is 121 Å². The molecule has 1 aromatic rings. The molecule has 0 spiro atoms. The van der Waals surface area contributed by atoms with Gasteiger partial charge in [-0.2, -0.15) is 5.10 Å². The van der Waals surface area contributed by atoms with Gasteiger partial charge in [-0.3, -0.25) is 5.01 Å². The lowest BCUT2D eigenvalue weighted by atomic mass is 9.99. The fourth-order valence-corrected chi connectivity index (χ4v) is 2.23. The van der Waals surface area contributed by atoms with Gasteiger partial charge in [0.15, 0.2) is 0 Å². The van der Waals surface area contributed by atoms with Crippen LogP contribution in [0.1, 0.15) is 26.3 Å². The van der Waals surface area contributed by atoms with Gasteiger partial charge in [0.05, 0.1) is 18.3 Å². The minimum Gasteiger partial charge on any atom is -0.359 e. The number of hydrogen-bond acceptors (Lipinski definition) is 4. The molecule has 4 heteroatoms. The van der Waals surface area contributed by atoms with Crippen molar-refractivity contribution in [3.63, 3.8) is 0 Å². The molecule has 2 rings (SSSR count). The number of ether oxygens (including phenoxy) is 2. The molecule has 0 radical (unpaired) electrons. The summed E-state index contributed by atoms with van der Waals surface area (Å²) in [7, 11) is 1.64. The number of rotatable bonds is 5. The summed E-state index contributed by atoms with van der Waals surface area (Å²) in [4.78, 5) is 0. The normalized spacial score (nSPS) is 18.8. The van der Waals surface area contributed by atoms with Gasteiger partial charge in [-0.05, 0) is 23.5 Å². The molecular formula is C16H24N2O2. The first-order chi connectivity index (χ1) is 9.51. The van der Waals surface area contributed by atoms with Crippen molar-refractivity contribution in [2.45, 2.75) is 33.2 Å². The zero-order valence-corrected chi connectivity index (χ0v) is 12.8. The van der Waals surface area contributed by atoms with Crippen LogP contribution in [0.15, 0.2) is 29.4 Å². The fourth-order valence-electron chi connectivity index (χ4n) is 2.23. The average Bonchev–Trinajstić information content (AvgIpc) is 2.73. The lowest BCUT2D eigenvalue weighted by Crippen LogP contribution is -2.32. The van der Waals surface area contributed by atoms with Gasteiger partial charge in [-0.15, -0.1) is 0 Å². The molecule has 0 saturated heterocycles. The van der Waals surface area contributed by atoms with Crippen LogP contribution < -0.4 is 5.01 Å². The number of anilines is 1. The maximum Gasteiger partial charge on any atom is 0.146 e. The molecular weight excluding hydrogens is 252 g/mol. The van der Waals surface area contributed by atoms with Crippen molar-refractivity contribution in [1.29, 1.82) is 0 Å². The second-order valence-corrected chi connectivity index (χ2v) is 6.22. The number of benzene rings is 1. The van der Waals surface area contributed by atoms with E-state index >= 15 is 0 Å². The Bertz CT molecular complexity index is 466. The Morgan fingerprint density at radius 1 is 1.35 bits per heavy atom. The maximum absolute atomic E-state index is 5.52. The van der Waals surface area contributed by atoms with Crippen LogP contribution in [0.5, 0.6) is 0 Å².